The number of likely N-dealkylation sites (tertiary alicyclic amines) is 1. The molecule has 1 aliphatic heterocycles. The first-order valence-corrected chi connectivity index (χ1v) is 14.5. The molecule has 1 saturated carbocycles. The van der Waals surface area contributed by atoms with Crippen molar-refractivity contribution in [2.24, 2.45) is 5.92 Å². The molecule has 1 saturated heterocycles. The summed E-state index contributed by atoms with van der Waals surface area (Å²) >= 11 is 0. The third-order valence-electron chi connectivity index (χ3n) is 8.90. The Labute approximate surface area is 229 Å². The molecular weight excluding hydrogens is 480 g/mol. The smallest absolute Gasteiger partial charge is 0.150 e. The zero-order valence-electron chi connectivity index (χ0n) is 22.7. The molecule has 3 aromatic heterocycles. The molecule has 0 atom stereocenters. The molecule has 0 amide bonds. The summed E-state index contributed by atoms with van der Waals surface area (Å²) in [5.41, 5.74) is 13.6. The molecule has 0 unspecified atom stereocenters. The summed E-state index contributed by atoms with van der Waals surface area (Å²) in [5.74, 6) is 2.89. The van der Waals surface area contributed by atoms with Crippen LogP contribution in [0.2, 0.25) is 0 Å². The molecule has 7 rings (SSSR count). The zero-order chi connectivity index (χ0) is 26.3. The molecule has 6 nitrogen and oxygen atoms in total. The van der Waals surface area contributed by atoms with Gasteiger partial charge in [-0.25, -0.2) is 15.0 Å². The van der Waals surface area contributed by atoms with Gasteiger partial charge in [-0.15, -0.1) is 0 Å². The number of anilines is 1. The molecule has 2 aromatic carbocycles. The summed E-state index contributed by atoms with van der Waals surface area (Å²) in [7, 11) is 0. The predicted molar refractivity (Wildman–Crippen MR) is 159 cm³/mol. The van der Waals surface area contributed by atoms with E-state index in [1.54, 1.807) is 6.20 Å². The fourth-order valence-corrected chi connectivity index (χ4v) is 6.82. The Morgan fingerprint density at radius 1 is 0.897 bits per heavy atom. The zero-order valence-corrected chi connectivity index (χ0v) is 22.7. The van der Waals surface area contributed by atoms with Crippen molar-refractivity contribution in [3.05, 3.63) is 78.4 Å². The average molecular weight is 517 g/mol. The van der Waals surface area contributed by atoms with E-state index in [0.29, 0.717) is 11.7 Å². The van der Waals surface area contributed by atoms with Gasteiger partial charge in [0.2, 0.25) is 0 Å². The van der Waals surface area contributed by atoms with E-state index >= 15 is 0 Å². The third-order valence-corrected chi connectivity index (χ3v) is 8.90. The van der Waals surface area contributed by atoms with Gasteiger partial charge in [-0.3, -0.25) is 4.40 Å². The highest BCUT2D eigenvalue weighted by Gasteiger charge is 2.29. The molecule has 0 radical (unpaired) electrons. The first-order valence-electron chi connectivity index (χ1n) is 14.5. The standard InChI is InChI=1S/C33H36N6/c1-22-19-28(24-7-3-2-4-8-24)36-29-20-26(13-14-27(22)29)30-31-32(34)35-15-18-39(31)33(37-30)25-11-9-23(10-12-25)21-38-16-5-6-17-38/h2-4,7-8,13-15,18-20,23,25H,5-6,9-12,16-17,21H2,1H3,(H2,34,35). The normalized spacial score (nSPS) is 20.2. The highest BCUT2D eigenvalue weighted by Crippen LogP contribution is 2.39. The van der Waals surface area contributed by atoms with E-state index in [1.807, 2.05) is 12.3 Å². The SMILES string of the molecule is Cc1cc(-c2ccccc2)nc2cc(-c3nc(C4CCC(CN5CCCC5)CC4)n4ccnc(N)c34)ccc12. The van der Waals surface area contributed by atoms with E-state index in [0.717, 1.165) is 50.7 Å². The highest BCUT2D eigenvalue weighted by atomic mass is 15.1. The minimum Gasteiger partial charge on any atom is -0.382 e. The monoisotopic (exact) mass is 516 g/mol. The van der Waals surface area contributed by atoms with E-state index in [1.165, 1.54) is 63.7 Å². The van der Waals surface area contributed by atoms with Gasteiger partial charge in [0.05, 0.1) is 11.2 Å². The van der Waals surface area contributed by atoms with Crippen molar-refractivity contribution in [3.63, 3.8) is 0 Å². The average Bonchev–Trinajstić information content (AvgIpc) is 3.62. The number of nitrogen functional groups attached to an aromatic ring is 1. The van der Waals surface area contributed by atoms with Crippen LogP contribution in [0.5, 0.6) is 0 Å². The Morgan fingerprint density at radius 3 is 2.49 bits per heavy atom. The van der Waals surface area contributed by atoms with Crippen LogP contribution >= 0.6 is 0 Å². The minimum atomic E-state index is 0.438. The lowest BCUT2D eigenvalue weighted by Crippen LogP contribution is -2.29. The van der Waals surface area contributed by atoms with E-state index in [9.17, 15) is 0 Å². The van der Waals surface area contributed by atoms with Crippen LogP contribution in [-0.2, 0) is 0 Å². The fourth-order valence-electron chi connectivity index (χ4n) is 6.82. The van der Waals surface area contributed by atoms with Crippen LogP contribution in [0.25, 0.3) is 38.9 Å². The lowest BCUT2D eigenvalue weighted by molar-refractivity contribution is 0.221. The second-order valence-corrected chi connectivity index (χ2v) is 11.5. The molecule has 6 heteroatoms. The summed E-state index contributed by atoms with van der Waals surface area (Å²) in [6.45, 7) is 5.99. The number of hydrogen-bond donors (Lipinski definition) is 1. The van der Waals surface area contributed by atoms with Gasteiger partial charge in [0.1, 0.15) is 22.9 Å². The lowest BCUT2D eigenvalue weighted by atomic mass is 9.81. The van der Waals surface area contributed by atoms with Gasteiger partial charge in [-0.05, 0) is 82.2 Å². The van der Waals surface area contributed by atoms with Crippen molar-refractivity contribution in [2.75, 3.05) is 25.4 Å². The summed E-state index contributed by atoms with van der Waals surface area (Å²) in [5, 5.41) is 1.16. The fraction of sp³-hybridized carbons (Fsp3) is 0.364. The maximum Gasteiger partial charge on any atom is 0.150 e. The first kappa shape index (κ1) is 24.3. The molecule has 0 bridgehead atoms. The molecule has 4 heterocycles. The molecule has 198 valence electrons. The molecule has 1 aliphatic carbocycles. The van der Waals surface area contributed by atoms with E-state index < -0.39 is 0 Å². The first-order chi connectivity index (χ1) is 19.1. The van der Waals surface area contributed by atoms with Crippen molar-refractivity contribution >= 4 is 22.2 Å². The summed E-state index contributed by atoms with van der Waals surface area (Å²) in [4.78, 5) is 17.5. The van der Waals surface area contributed by atoms with Crippen molar-refractivity contribution in [2.45, 2.75) is 51.4 Å². The second-order valence-electron chi connectivity index (χ2n) is 11.5. The lowest BCUT2D eigenvalue weighted by Gasteiger charge is -2.30. The minimum absolute atomic E-state index is 0.438. The molecule has 2 fully saturated rings. The summed E-state index contributed by atoms with van der Waals surface area (Å²) < 4.78 is 2.20. The molecule has 2 aliphatic rings. The Balaban J connectivity index is 1.24. The maximum absolute atomic E-state index is 6.49. The number of rotatable bonds is 5. The molecular formula is C33H36N6. The third kappa shape index (κ3) is 4.57. The van der Waals surface area contributed by atoms with Crippen LogP contribution in [0.4, 0.5) is 5.82 Å². The van der Waals surface area contributed by atoms with Gasteiger partial charge in [-0.2, -0.15) is 0 Å². The van der Waals surface area contributed by atoms with Crippen molar-refractivity contribution < 1.29 is 0 Å². The van der Waals surface area contributed by atoms with Gasteiger partial charge in [-0.1, -0.05) is 42.5 Å². The number of aromatic nitrogens is 4. The molecule has 5 aromatic rings. The van der Waals surface area contributed by atoms with Gasteiger partial charge in [0.25, 0.3) is 0 Å². The van der Waals surface area contributed by atoms with Gasteiger partial charge < -0.3 is 10.6 Å². The number of imidazole rings is 1. The summed E-state index contributed by atoms with van der Waals surface area (Å²) in [6.07, 6.45) is 11.5. The Kier molecular flexibility index (Phi) is 6.28. The van der Waals surface area contributed by atoms with Gasteiger partial charge in [0.15, 0.2) is 0 Å². The van der Waals surface area contributed by atoms with Gasteiger partial charge in [0, 0.05) is 41.4 Å². The number of nitrogens with zero attached hydrogens (tertiary/aromatic N) is 5. The highest BCUT2D eigenvalue weighted by molar-refractivity contribution is 5.92. The quantitative estimate of drug-likeness (QED) is 0.276. The number of nitrogens with two attached hydrogens (primary N) is 1. The van der Waals surface area contributed by atoms with Crippen LogP contribution in [0.15, 0.2) is 67.0 Å². The second kappa shape index (κ2) is 10.1. The molecule has 0 spiro atoms. The van der Waals surface area contributed by atoms with Crippen molar-refractivity contribution in [1.82, 2.24) is 24.3 Å². The Morgan fingerprint density at radius 2 is 1.69 bits per heavy atom. The van der Waals surface area contributed by atoms with E-state index in [4.69, 9.17) is 15.7 Å². The van der Waals surface area contributed by atoms with Crippen LogP contribution in [-0.4, -0.2) is 43.9 Å². The molecule has 39 heavy (non-hydrogen) atoms. The topological polar surface area (TPSA) is 72.3 Å². The number of aryl methyl sites for hydroxylation is 1. The van der Waals surface area contributed by atoms with Crippen molar-refractivity contribution in [1.29, 1.82) is 0 Å². The number of pyridine rings is 1. The predicted octanol–water partition coefficient (Wildman–Crippen LogP) is 6.87. The summed E-state index contributed by atoms with van der Waals surface area (Å²) in [6, 6.07) is 19.0. The number of hydrogen-bond acceptors (Lipinski definition) is 5. The van der Waals surface area contributed by atoms with E-state index in [-0.39, 0.29) is 0 Å². The largest absolute Gasteiger partial charge is 0.382 e. The van der Waals surface area contributed by atoms with Crippen LogP contribution in [0.1, 0.15) is 55.8 Å². The number of fused-ring (bicyclic) bond motifs is 2. The van der Waals surface area contributed by atoms with Crippen molar-refractivity contribution in [3.8, 4) is 22.5 Å². The van der Waals surface area contributed by atoms with Gasteiger partial charge >= 0.3 is 0 Å². The van der Waals surface area contributed by atoms with Crippen LogP contribution < -0.4 is 5.73 Å². The number of benzene rings is 2. The Bertz CT molecular complexity index is 1630. The maximum atomic E-state index is 6.49. The molecule has 2 N–H and O–H groups in total. The Hall–Kier alpha value is -3.77. The van der Waals surface area contributed by atoms with Crippen LogP contribution in [0, 0.1) is 12.8 Å². The van der Waals surface area contributed by atoms with E-state index in [2.05, 4.69) is 69.7 Å². The van der Waals surface area contributed by atoms with Crippen LogP contribution in [0.3, 0.4) is 0 Å².